The third-order valence-corrected chi connectivity index (χ3v) is 5.12. The van der Waals surface area contributed by atoms with E-state index in [-0.39, 0.29) is 0 Å². The van der Waals surface area contributed by atoms with Crippen molar-refractivity contribution in [1.82, 2.24) is 14.4 Å². The lowest BCUT2D eigenvalue weighted by atomic mass is 10.0. The van der Waals surface area contributed by atoms with Gasteiger partial charge in [0.1, 0.15) is 11.7 Å². The molecule has 8 nitrogen and oxygen atoms in total. The Hall–Kier alpha value is -4.07. The van der Waals surface area contributed by atoms with Crippen molar-refractivity contribution >= 4 is 23.0 Å². The number of aliphatic imine (C=N–C) groups is 1. The van der Waals surface area contributed by atoms with E-state index in [0.717, 1.165) is 33.6 Å². The number of hydrogen-bond donors (Lipinski definition) is 2. The second kappa shape index (κ2) is 7.07. The van der Waals surface area contributed by atoms with Crippen molar-refractivity contribution < 1.29 is 9.47 Å². The largest absolute Gasteiger partial charge is 0.491 e. The summed E-state index contributed by atoms with van der Waals surface area (Å²) in [6.07, 6.45) is 5.74. The molecule has 5 rings (SSSR count). The van der Waals surface area contributed by atoms with Crippen LogP contribution >= 0.6 is 0 Å². The maximum atomic E-state index is 5.95. The maximum absolute atomic E-state index is 5.95. The molecule has 4 aromatic rings. The Labute approximate surface area is 173 Å². The zero-order valence-electron chi connectivity index (χ0n) is 16.6. The number of pyridine rings is 2. The summed E-state index contributed by atoms with van der Waals surface area (Å²) >= 11 is 0. The summed E-state index contributed by atoms with van der Waals surface area (Å²) in [6.45, 7) is 0.614. The second-order valence-electron chi connectivity index (χ2n) is 6.91. The first kappa shape index (κ1) is 18.0. The van der Waals surface area contributed by atoms with E-state index in [4.69, 9.17) is 15.2 Å². The van der Waals surface area contributed by atoms with Crippen LogP contribution < -0.4 is 20.5 Å². The molecule has 30 heavy (non-hydrogen) atoms. The fourth-order valence-corrected chi connectivity index (χ4v) is 3.63. The molecular weight excluding hydrogens is 380 g/mol. The average molecular weight is 400 g/mol. The zero-order chi connectivity index (χ0) is 20.7. The normalized spacial score (nSPS) is 12.5. The Bertz CT molecular complexity index is 1290. The molecule has 4 heterocycles. The number of nitrogens with one attached hydrogen (secondary N) is 1. The molecule has 0 spiro atoms. The summed E-state index contributed by atoms with van der Waals surface area (Å²) in [7, 11) is 3.14. The summed E-state index contributed by atoms with van der Waals surface area (Å²) in [5.41, 5.74) is 11.8. The predicted octanol–water partition coefficient (Wildman–Crippen LogP) is 3.38. The highest BCUT2D eigenvalue weighted by molar-refractivity contribution is 6.01. The Morgan fingerprint density at radius 1 is 1.07 bits per heavy atom. The number of amidine groups is 1. The van der Waals surface area contributed by atoms with Gasteiger partial charge in [-0.15, -0.1) is 0 Å². The van der Waals surface area contributed by atoms with E-state index in [1.807, 2.05) is 28.8 Å². The lowest BCUT2D eigenvalue weighted by Crippen LogP contribution is -2.10. The van der Waals surface area contributed by atoms with Gasteiger partial charge in [0.05, 0.1) is 26.5 Å². The Morgan fingerprint density at radius 2 is 1.97 bits per heavy atom. The minimum atomic E-state index is 0.411. The lowest BCUT2D eigenvalue weighted by Gasteiger charge is -2.13. The molecule has 150 valence electrons. The van der Waals surface area contributed by atoms with Gasteiger partial charge in [0, 0.05) is 29.7 Å². The fraction of sp³-hybridized carbons (Fsp3) is 0.136. The Kier molecular flexibility index (Phi) is 4.24. The number of fused-ring (bicyclic) bond motifs is 2. The number of aromatic nitrogens is 3. The number of anilines is 2. The van der Waals surface area contributed by atoms with Crippen LogP contribution in [0.2, 0.25) is 0 Å². The van der Waals surface area contributed by atoms with Crippen LogP contribution in [0.15, 0.2) is 60.0 Å². The van der Waals surface area contributed by atoms with Crippen LogP contribution in [0.25, 0.3) is 16.8 Å². The minimum Gasteiger partial charge on any atom is -0.491 e. The lowest BCUT2D eigenvalue weighted by molar-refractivity contribution is 0.343. The quantitative estimate of drug-likeness (QED) is 0.533. The molecule has 0 saturated carbocycles. The van der Waals surface area contributed by atoms with Crippen LogP contribution in [0.1, 0.15) is 11.1 Å². The zero-order valence-corrected chi connectivity index (χ0v) is 16.6. The van der Waals surface area contributed by atoms with Crippen LogP contribution in [-0.4, -0.2) is 34.4 Å². The summed E-state index contributed by atoms with van der Waals surface area (Å²) in [6, 6.07) is 11.9. The molecule has 0 aliphatic carbocycles. The number of ether oxygens (including phenoxy) is 2. The third-order valence-electron chi connectivity index (χ3n) is 5.12. The molecule has 3 N–H and O–H groups in total. The molecule has 0 atom stereocenters. The van der Waals surface area contributed by atoms with E-state index >= 15 is 0 Å². The summed E-state index contributed by atoms with van der Waals surface area (Å²) < 4.78 is 12.6. The highest BCUT2D eigenvalue weighted by Crippen LogP contribution is 2.32. The molecule has 1 aliphatic heterocycles. The Balaban J connectivity index is 1.56. The van der Waals surface area contributed by atoms with E-state index in [1.54, 1.807) is 20.4 Å². The molecular formula is C22H20N6O2. The van der Waals surface area contributed by atoms with Crippen molar-refractivity contribution in [2.75, 3.05) is 19.5 Å². The van der Waals surface area contributed by atoms with Crippen molar-refractivity contribution in [2.45, 2.75) is 6.54 Å². The molecule has 0 saturated heterocycles. The van der Waals surface area contributed by atoms with E-state index in [2.05, 4.69) is 44.7 Å². The summed E-state index contributed by atoms with van der Waals surface area (Å²) in [4.78, 5) is 13.3. The van der Waals surface area contributed by atoms with Gasteiger partial charge in [0.2, 0.25) is 0 Å². The maximum Gasteiger partial charge on any atom is 0.258 e. The topological polar surface area (TPSA) is 99.1 Å². The fourth-order valence-electron chi connectivity index (χ4n) is 3.63. The van der Waals surface area contributed by atoms with Crippen LogP contribution in [0.3, 0.4) is 0 Å². The van der Waals surface area contributed by atoms with E-state index < -0.39 is 0 Å². The number of rotatable bonds is 5. The van der Waals surface area contributed by atoms with E-state index in [1.165, 1.54) is 0 Å². The SMILES string of the molecule is COc1ccc(Nc2cc(-c3ccc4c(c3)CN=C4N)cn3ccnc23)nc1OC. The van der Waals surface area contributed by atoms with Gasteiger partial charge in [0.25, 0.3) is 5.88 Å². The van der Waals surface area contributed by atoms with Gasteiger partial charge >= 0.3 is 0 Å². The molecule has 8 heteroatoms. The summed E-state index contributed by atoms with van der Waals surface area (Å²) in [5.74, 6) is 2.21. The molecule has 1 aliphatic rings. The average Bonchev–Trinajstić information content (AvgIpc) is 3.40. The highest BCUT2D eigenvalue weighted by atomic mass is 16.5. The monoisotopic (exact) mass is 400 g/mol. The number of nitrogens with two attached hydrogens (primary N) is 1. The van der Waals surface area contributed by atoms with Crippen LogP contribution in [0, 0.1) is 0 Å². The molecule has 0 radical (unpaired) electrons. The van der Waals surface area contributed by atoms with Crippen LogP contribution in [0.5, 0.6) is 11.6 Å². The van der Waals surface area contributed by atoms with Crippen molar-refractivity contribution in [1.29, 1.82) is 0 Å². The number of benzene rings is 1. The molecule has 3 aromatic heterocycles. The third kappa shape index (κ3) is 2.98. The minimum absolute atomic E-state index is 0.411. The molecule has 0 bridgehead atoms. The van der Waals surface area contributed by atoms with Crippen molar-refractivity contribution in [3.63, 3.8) is 0 Å². The number of imidazole rings is 1. The van der Waals surface area contributed by atoms with Gasteiger partial charge in [0.15, 0.2) is 11.4 Å². The number of hydrogen-bond acceptors (Lipinski definition) is 7. The standard InChI is InChI=1S/C22H20N6O2/c1-29-18-5-6-19(27-22(18)30-2)26-17-10-15(12-28-8-7-24-21(17)28)13-3-4-16-14(9-13)11-25-20(16)23/h3-10,12H,11H2,1-2H3,(H2,23,25)(H,26,27). The van der Waals surface area contributed by atoms with Crippen molar-refractivity contribution in [3.8, 4) is 22.8 Å². The van der Waals surface area contributed by atoms with Gasteiger partial charge in [-0.25, -0.2) is 4.98 Å². The van der Waals surface area contributed by atoms with Crippen LogP contribution in [-0.2, 0) is 6.54 Å². The number of methoxy groups -OCH3 is 2. The smallest absolute Gasteiger partial charge is 0.258 e. The first-order valence-corrected chi connectivity index (χ1v) is 9.42. The van der Waals surface area contributed by atoms with Crippen molar-refractivity contribution in [3.05, 3.63) is 66.1 Å². The number of nitrogens with zero attached hydrogens (tertiary/aromatic N) is 4. The highest BCUT2D eigenvalue weighted by Gasteiger charge is 2.15. The molecule has 0 unspecified atom stereocenters. The van der Waals surface area contributed by atoms with Gasteiger partial charge in [-0.3, -0.25) is 4.99 Å². The van der Waals surface area contributed by atoms with Gasteiger partial charge in [-0.2, -0.15) is 4.98 Å². The van der Waals surface area contributed by atoms with Gasteiger partial charge in [-0.05, 0) is 35.4 Å². The molecule has 1 aromatic carbocycles. The second-order valence-corrected chi connectivity index (χ2v) is 6.91. The first-order valence-electron chi connectivity index (χ1n) is 9.42. The molecule has 0 fully saturated rings. The van der Waals surface area contributed by atoms with E-state index in [0.29, 0.717) is 29.8 Å². The first-order chi connectivity index (χ1) is 14.7. The van der Waals surface area contributed by atoms with Gasteiger partial charge in [-0.1, -0.05) is 12.1 Å². The van der Waals surface area contributed by atoms with Crippen molar-refractivity contribution in [2.24, 2.45) is 10.7 Å². The van der Waals surface area contributed by atoms with E-state index in [9.17, 15) is 0 Å². The Morgan fingerprint density at radius 3 is 2.80 bits per heavy atom. The van der Waals surface area contributed by atoms with Crippen LogP contribution in [0.4, 0.5) is 11.5 Å². The predicted molar refractivity (Wildman–Crippen MR) is 116 cm³/mol. The molecule has 0 amide bonds. The van der Waals surface area contributed by atoms with Gasteiger partial charge < -0.3 is 24.9 Å². The summed E-state index contributed by atoms with van der Waals surface area (Å²) in [5, 5.41) is 3.36.